The Morgan fingerprint density at radius 1 is 1.15 bits per heavy atom. The minimum atomic E-state index is -4.26. The summed E-state index contributed by atoms with van der Waals surface area (Å²) in [4.78, 5) is 3.02. The van der Waals surface area contributed by atoms with Crippen molar-refractivity contribution in [2.24, 2.45) is 0 Å². The fourth-order valence-electron chi connectivity index (χ4n) is 1.37. The highest BCUT2D eigenvalue weighted by Gasteiger charge is 2.21. The first-order chi connectivity index (χ1) is 9.31. The van der Waals surface area contributed by atoms with Crippen molar-refractivity contribution < 1.29 is 17.2 Å². The second-order valence-electron chi connectivity index (χ2n) is 3.66. The maximum absolute atomic E-state index is 13.5. The van der Waals surface area contributed by atoms with Crippen LogP contribution in [0, 0.1) is 11.6 Å². The van der Waals surface area contributed by atoms with Crippen molar-refractivity contribution in [1.82, 2.24) is 4.98 Å². The van der Waals surface area contributed by atoms with E-state index in [0.717, 1.165) is 12.1 Å². The predicted octanol–water partition coefficient (Wildman–Crippen LogP) is 3.69. The molecule has 0 saturated heterocycles. The average Bonchev–Trinajstić information content (AvgIpc) is 2.37. The van der Waals surface area contributed by atoms with Crippen molar-refractivity contribution in [2.75, 3.05) is 4.72 Å². The maximum Gasteiger partial charge on any atom is 0.265 e. The maximum atomic E-state index is 13.5. The number of halogens is 4. The lowest BCUT2D eigenvalue weighted by Gasteiger charge is -2.10. The summed E-state index contributed by atoms with van der Waals surface area (Å²) in [5.41, 5.74) is 0.100. The van der Waals surface area contributed by atoms with E-state index >= 15 is 0 Å². The van der Waals surface area contributed by atoms with Gasteiger partial charge in [-0.3, -0.25) is 9.71 Å². The Morgan fingerprint density at radius 3 is 2.55 bits per heavy atom. The Hall–Kier alpha value is -1.06. The minimum Gasteiger partial charge on any atom is -0.277 e. The molecule has 0 spiro atoms. The second-order valence-corrected chi connectivity index (χ2v) is 6.96. The summed E-state index contributed by atoms with van der Waals surface area (Å²) in [6.45, 7) is 0. The molecule has 1 heterocycles. The lowest BCUT2D eigenvalue weighted by atomic mass is 10.3. The molecule has 1 aromatic carbocycles. The molecular weight excluding hydrogens is 422 g/mol. The molecule has 2 aromatic rings. The van der Waals surface area contributed by atoms with E-state index in [0.29, 0.717) is 15.0 Å². The van der Waals surface area contributed by atoms with Gasteiger partial charge in [0.15, 0.2) is 0 Å². The summed E-state index contributed by atoms with van der Waals surface area (Å²) in [6.07, 6.45) is 2.69. The Kier molecular flexibility index (Phi) is 4.40. The molecule has 106 valence electrons. The Bertz CT molecular complexity index is 769. The lowest BCUT2D eigenvalue weighted by Crippen LogP contribution is -2.15. The molecule has 2 rings (SSSR count). The van der Waals surface area contributed by atoms with E-state index in [4.69, 9.17) is 0 Å². The minimum absolute atomic E-state index is 0.100. The standard InChI is InChI=1S/C11H6Br2F2N2O2S/c12-7-4-16-5-9(11(7)13)17-20(18,19)10-3-6(14)1-2-8(10)15/h1-5,17H. The molecule has 1 aromatic heterocycles. The van der Waals surface area contributed by atoms with Crippen LogP contribution in [0.1, 0.15) is 0 Å². The van der Waals surface area contributed by atoms with Crippen LogP contribution in [0.5, 0.6) is 0 Å². The van der Waals surface area contributed by atoms with E-state index in [9.17, 15) is 17.2 Å². The summed E-state index contributed by atoms with van der Waals surface area (Å²) >= 11 is 6.31. The fourth-order valence-corrected chi connectivity index (χ4v) is 3.29. The van der Waals surface area contributed by atoms with E-state index < -0.39 is 26.6 Å². The van der Waals surface area contributed by atoms with Gasteiger partial charge in [0.25, 0.3) is 10.0 Å². The third-order valence-corrected chi connectivity index (χ3v) is 5.63. The second kappa shape index (κ2) is 5.74. The number of sulfonamides is 1. The molecule has 0 aliphatic carbocycles. The van der Waals surface area contributed by atoms with E-state index in [2.05, 4.69) is 41.6 Å². The van der Waals surface area contributed by atoms with E-state index in [1.54, 1.807) is 0 Å². The lowest BCUT2D eigenvalue weighted by molar-refractivity contribution is 0.555. The molecule has 1 N–H and O–H groups in total. The van der Waals surface area contributed by atoms with Crippen LogP contribution in [0.15, 0.2) is 44.4 Å². The molecule has 0 amide bonds. The van der Waals surface area contributed by atoms with Gasteiger partial charge in [0.2, 0.25) is 0 Å². The molecule has 0 radical (unpaired) electrons. The smallest absolute Gasteiger partial charge is 0.265 e. The number of pyridine rings is 1. The van der Waals surface area contributed by atoms with Gasteiger partial charge in [0.05, 0.1) is 20.8 Å². The van der Waals surface area contributed by atoms with Gasteiger partial charge >= 0.3 is 0 Å². The van der Waals surface area contributed by atoms with Crippen LogP contribution in [0.25, 0.3) is 0 Å². The van der Waals surface area contributed by atoms with Gasteiger partial charge in [0.1, 0.15) is 16.5 Å². The molecular formula is C11H6Br2F2N2O2S. The monoisotopic (exact) mass is 426 g/mol. The van der Waals surface area contributed by atoms with Crippen LogP contribution in [-0.2, 0) is 10.0 Å². The highest BCUT2D eigenvalue weighted by atomic mass is 79.9. The Labute approximate surface area is 130 Å². The number of hydrogen-bond acceptors (Lipinski definition) is 3. The van der Waals surface area contributed by atoms with Gasteiger partial charge < -0.3 is 0 Å². The van der Waals surface area contributed by atoms with Crippen molar-refractivity contribution >= 4 is 47.6 Å². The van der Waals surface area contributed by atoms with Crippen LogP contribution in [0.3, 0.4) is 0 Å². The Balaban J connectivity index is 2.46. The molecule has 0 fully saturated rings. The molecule has 20 heavy (non-hydrogen) atoms. The van der Waals surface area contributed by atoms with Crippen LogP contribution >= 0.6 is 31.9 Å². The summed E-state index contributed by atoms with van der Waals surface area (Å²) in [7, 11) is -4.26. The number of rotatable bonds is 3. The first-order valence-corrected chi connectivity index (χ1v) is 8.15. The van der Waals surface area contributed by atoms with E-state index in [1.165, 1.54) is 12.4 Å². The summed E-state index contributed by atoms with van der Waals surface area (Å²) in [6, 6.07) is 2.19. The summed E-state index contributed by atoms with van der Waals surface area (Å²) in [5, 5.41) is 0. The number of nitrogens with one attached hydrogen (secondary N) is 1. The van der Waals surface area contributed by atoms with Crippen LogP contribution in [0.2, 0.25) is 0 Å². The molecule has 0 atom stereocenters. The van der Waals surface area contributed by atoms with Gasteiger partial charge in [0, 0.05) is 6.20 Å². The first-order valence-electron chi connectivity index (χ1n) is 5.08. The zero-order valence-corrected chi connectivity index (χ0v) is 13.6. The molecule has 0 unspecified atom stereocenters. The molecule has 0 saturated carbocycles. The van der Waals surface area contributed by atoms with Crippen molar-refractivity contribution in [3.05, 3.63) is 51.2 Å². The van der Waals surface area contributed by atoms with E-state index in [-0.39, 0.29) is 5.69 Å². The van der Waals surface area contributed by atoms with Gasteiger partial charge in [-0.15, -0.1) is 0 Å². The van der Waals surface area contributed by atoms with Crippen LogP contribution in [-0.4, -0.2) is 13.4 Å². The fraction of sp³-hybridized carbons (Fsp3) is 0. The number of anilines is 1. The van der Waals surface area contributed by atoms with Crippen LogP contribution in [0.4, 0.5) is 14.5 Å². The number of nitrogens with zero attached hydrogens (tertiary/aromatic N) is 1. The van der Waals surface area contributed by atoms with E-state index in [1.807, 2.05) is 0 Å². The summed E-state index contributed by atoms with van der Waals surface area (Å²) < 4.78 is 53.8. The van der Waals surface area contributed by atoms with Crippen molar-refractivity contribution in [1.29, 1.82) is 0 Å². The van der Waals surface area contributed by atoms with Crippen molar-refractivity contribution in [3.8, 4) is 0 Å². The summed E-state index contributed by atoms with van der Waals surface area (Å²) in [5.74, 6) is -1.89. The molecule has 0 aliphatic heterocycles. The normalized spacial score (nSPS) is 11.4. The number of benzene rings is 1. The van der Waals surface area contributed by atoms with Gasteiger partial charge in [-0.2, -0.15) is 0 Å². The molecule has 9 heteroatoms. The molecule has 4 nitrogen and oxygen atoms in total. The number of hydrogen-bond donors (Lipinski definition) is 1. The highest BCUT2D eigenvalue weighted by molar-refractivity contribution is 9.13. The van der Waals surface area contributed by atoms with Gasteiger partial charge in [-0.05, 0) is 50.1 Å². The molecule has 0 bridgehead atoms. The zero-order valence-electron chi connectivity index (χ0n) is 9.57. The van der Waals surface area contributed by atoms with Gasteiger partial charge in [-0.1, -0.05) is 0 Å². The van der Waals surface area contributed by atoms with Crippen LogP contribution < -0.4 is 4.72 Å². The quantitative estimate of drug-likeness (QED) is 0.812. The average molecular weight is 428 g/mol. The largest absolute Gasteiger partial charge is 0.277 e. The van der Waals surface area contributed by atoms with Crippen molar-refractivity contribution in [3.63, 3.8) is 0 Å². The third-order valence-electron chi connectivity index (χ3n) is 2.26. The van der Waals surface area contributed by atoms with Crippen molar-refractivity contribution in [2.45, 2.75) is 4.90 Å². The first kappa shape index (κ1) is 15.3. The zero-order chi connectivity index (χ0) is 14.9. The number of aromatic nitrogens is 1. The topological polar surface area (TPSA) is 59.1 Å². The Morgan fingerprint density at radius 2 is 1.85 bits per heavy atom. The predicted molar refractivity (Wildman–Crippen MR) is 76.8 cm³/mol. The third kappa shape index (κ3) is 3.15. The highest BCUT2D eigenvalue weighted by Crippen LogP contribution is 2.31. The van der Waals surface area contributed by atoms with Gasteiger partial charge in [-0.25, -0.2) is 17.2 Å². The SMILES string of the molecule is O=S(=O)(Nc1cncc(Br)c1Br)c1cc(F)ccc1F. The molecule has 0 aliphatic rings.